The molecule has 0 aromatic carbocycles. The van der Waals surface area contributed by atoms with Crippen LogP contribution < -0.4 is 11.5 Å². The Bertz CT molecular complexity index is 127. The van der Waals surface area contributed by atoms with Gasteiger partial charge in [0.2, 0.25) is 0 Å². The summed E-state index contributed by atoms with van der Waals surface area (Å²) in [6, 6.07) is 0. The zero-order chi connectivity index (χ0) is 10.6. The Hall–Kier alpha value is 0.200. The third-order valence-corrected chi connectivity index (χ3v) is 3.43. The summed E-state index contributed by atoms with van der Waals surface area (Å²) in [6.45, 7) is 5.50. The topological polar surface area (TPSA) is 47.0 Å². The van der Waals surface area contributed by atoms with Crippen LogP contribution in [0.25, 0.3) is 0 Å². The van der Waals surface area contributed by atoms with E-state index in [9.17, 15) is 0 Å². The van der Waals surface area contributed by atoms with Gasteiger partial charge in [-0.25, -0.2) is 0 Å². The van der Waals surface area contributed by atoms with Gasteiger partial charge in [0.05, 0.1) is 0 Å². The molecule has 0 rings (SSSR count). The van der Waals surface area contributed by atoms with Crippen molar-refractivity contribution in [3.8, 4) is 0 Å². The Kier molecular flexibility index (Phi) is 16.7. The molecule has 0 aliphatic carbocycles. The van der Waals surface area contributed by atoms with Crippen molar-refractivity contribution in [1.82, 2.24) is 11.5 Å². The molecule has 0 bridgehead atoms. The van der Waals surface area contributed by atoms with Crippen LogP contribution >= 0.6 is 24.0 Å². The molecule has 2 nitrogen and oxygen atoms in total. The molecular weight excluding hydrogens is 224 g/mol. The first-order chi connectivity index (χ1) is 6.81. The zero-order valence-electron chi connectivity index (χ0n) is 10.2. The third kappa shape index (κ3) is 14.2. The van der Waals surface area contributed by atoms with E-state index in [1.165, 1.54) is 44.3 Å². The number of nitrogens with one attached hydrogen (secondary N) is 1. The normalized spacial score (nSPS) is 9.47. The minimum absolute atomic E-state index is 0. The number of thioether (sulfide) groups is 1. The van der Waals surface area contributed by atoms with Crippen LogP contribution in [0.3, 0.4) is 0 Å². The Morgan fingerprint density at radius 1 is 1.07 bits per heavy atom. The molecule has 0 aliphatic heterocycles. The molecular formula is C11H26N2S2. The molecule has 0 aliphatic rings. The molecule has 0 atom stereocenters. The van der Waals surface area contributed by atoms with E-state index in [-0.39, 0.29) is 6.15 Å². The molecule has 4 N–H and O–H groups in total. The molecule has 0 radical (unpaired) electrons. The molecule has 0 spiro atoms. The second-order valence-corrected chi connectivity index (χ2v) is 5.25. The molecule has 0 aromatic heterocycles. The highest BCUT2D eigenvalue weighted by molar-refractivity contribution is 8.22. The van der Waals surface area contributed by atoms with Gasteiger partial charge < -0.3 is 11.5 Å². The van der Waals surface area contributed by atoms with Crippen molar-refractivity contribution in [2.24, 2.45) is 0 Å². The van der Waals surface area contributed by atoms with Crippen LogP contribution in [-0.4, -0.2) is 16.6 Å². The molecule has 0 aromatic rings. The predicted molar refractivity (Wildman–Crippen MR) is 77.1 cm³/mol. The molecule has 0 saturated carbocycles. The van der Waals surface area contributed by atoms with Crippen LogP contribution in [0.5, 0.6) is 0 Å². The zero-order valence-corrected chi connectivity index (χ0v) is 11.8. The molecule has 0 heterocycles. The van der Waals surface area contributed by atoms with Crippen molar-refractivity contribution in [1.29, 1.82) is 0 Å². The van der Waals surface area contributed by atoms with Gasteiger partial charge in [0.25, 0.3) is 0 Å². The summed E-state index contributed by atoms with van der Waals surface area (Å²) in [7, 11) is 0. The summed E-state index contributed by atoms with van der Waals surface area (Å²) in [5.74, 6) is 1.17. The summed E-state index contributed by atoms with van der Waals surface area (Å²) in [4.78, 5) is 0. The molecule has 15 heavy (non-hydrogen) atoms. The van der Waals surface area contributed by atoms with Gasteiger partial charge in [-0.2, -0.15) is 0 Å². The largest absolute Gasteiger partial charge is 0.371 e. The minimum atomic E-state index is 0. The second kappa shape index (κ2) is 14.2. The highest BCUT2D eigenvalue weighted by atomic mass is 32.2. The van der Waals surface area contributed by atoms with E-state index >= 15 is 0 Å². The lowest BCUT2D eigenvalue weighted by Crippen LogP contribution is -2.19. The van der Waals surface area contributed by atoms with Crippen molar-refractivity contribution < 1.29 is 0 Å². The highest BCUT2D eigenvalue weighted by Crippen LogP contribution is 2.07. The maximum atomic E-state index is 5.21. The van der Waals surface area contributed by atoms with E-state index in [2.05, 4.69) is 19.2 Å². The number of unbranched alkanes of at least 4 members (excludes halogenated alkanes) is 4. The summed E-state index contributed by atoms with van der Waals surface area (Å²) < 4.78 is 0.984. The van der Waals surface area contributed by atoms with Crippen LogP contribution in [0.15, 0.2) is 0 Å². The fourth-order valence-corrected chi connectivity index (χ4v) is 2.22. The highest BCUT2D eigenvalue weighted by Gasteiger charge is 1.95. The van der Waals surface area contributed by atoms with Crippen molar-refractivity contribution in [2.45, 2.75) is 52.4 Å². The Balaban J connectivity index is 0. The molecule has 0 amide bonds. The van der Waals surface area contributed by atoms with E-state index in [4.69, 9.17) is 12.2 Å². The predicted octanol–water partition coefficient (Wildman–Crippen LogP) is 4.14. The van der Waals surface area contributed by atoms with Gasteiger partial charge in [0.15, 0.2) is 0 Å². The smallest absolute Gasteiger partial charge is 0.133 e. The van der Waals surface area contributed by atoms with Crippen LogP contribution in [0.1, 0.15) is 52.4 Å². The fourth-order valence-electron chi connectivity index (χ4n) is 1.13. The van der Waals surface area contributed by atoms with Crippen molar-refractivity contribution in [2.75, 3.05) is 12.3 Å². The molecule has 0 saturated heterocycles. The molecule has 0 unspecified atom stereocenters. The van der Waals surface area contributed by atoms with Gasteiger partial charge in [0, 0.05) is 12.3 Å². The van der Waals surface area contributed by atoms with Gasteiger partial charge in [-0.1, -0.05) is 63.5 Å². The van der Waals surface area contributed by atoms with Crippen LogP contribution in [0.4, 0.5) is 0 Å². The van der Waals surface area contributed by atoms with E-state index in [1.54, 1.807) is 11.8 Å². The first-order valence-electron chi connectivity index (χ1n) is 5.71. The lowest BCUT2D eigenvalue weighted by atomic mass is 10.2. The van der Waals surface area contributed by atoms with Gasteiger partial charge in [-0.05, 0) is 12.8 Å². The second-order valence-electron chi connectivity index (χ2n) is 3.48. The fraction of sp³-hybridized carbons (Fsp3) is 0.909. The quantitative estimate of drug-likeness (QED) is 0.502. The summed E-state index contributed by atoms with van der Waals surface area (Å²) >= 11 is 7.00. The maximum Gasteiger partial charge on any atom is 0.133 e. The summed E-state index contributed by atoms with van der Waals surface area (Å²) in [5.41, 5.74) is 0. The SMILES string of the molecule is CCCCCNC(=S)SCCCCC.N. The third-order valence-electron chi connectivity index (χ3n) is 2.03. The monoisotopic (exact) mass is 250 g/mol. The van der Waals surface area contributed by atoms with Gasteiger partial charge in [0.1, 0.15) is 4.32 Å². The number of thiocarbonyl (C=S) groups is 1. The Morgan fingerprint density at radius 3 is 2.27 bits per heavy atom. The van der Waals surface area contributed by atoms with Gasteiger partial charge in [-0.15, -0.1) is 0 Å². The molecule has 0 fully saturated rings. The van der Waals surface area contributed by atoms with Crippen molar-refractivity contribution >= 4 is 28.3 Å². The number of hydrogen-bond donors (Lipinski definition) is 2. The summed E-state index contributed by atoms with van der Waals surface area (Å²) in [5, 5.41) is 3.29. The number of hydrogen-bond acceptors (Lipinski definition) is 3. The minimum Gasteiger partial charge on any atom is -0.371 e. The molecule has 4 heteroatoms. The van der Waals surface area contributed by atoms with Crippen molar-refractivity contribution in [3.63, 3.8) is 0 Å². The first kappa shape index (κ1) is 17.6. The number of rotatable bonds is 8. The van der Waals surface area contributed by atoms with E-state index in [0.29, 0.717) is 0 Å². The average molecular weight is 250 g/mol. The van der Waals surface area contributed by atoms with Crippen LogP contribution in [0, 0.1) is 0 Å². The van der Waals surface area contributed by atoms with E-state index in [0.717, 1.165) is 10.9 Å². The lowest BCUT2D eigenvalue weighted by Gasteiger charge is -2.06. The average Bonchev–Trinajstić information content (AvgIpc) is 2.19. The van der Waals surface area contributed by atoms with Crippen LogP contribution in [-0.2, 0) is 0 Å². The maximum absolute atomic E-state index is 5.21. The van der Waals surface area contributed by atoms with Gasteiger partial charge >= 0.3 is 0 Å². The van der Waals surface area contributed by atoms with E-state index in [1.807, 2.05) is 0 Å². The Labute approximate surface area is 105 Å². The van der Waals surface area contributed by atoms with Crippen LogP contribution in [0.2, 0.25) is 0 Å². The lowest BCUT2D eigenvalue weighted by molar-refractivity contribution is 0.700. The van der Waals surface area contributed by atoms with Gasteiger partial charge in [-0.3, -0.25) is 0 Å². The standard InChI is InChI=1S/C11H23NS2.H3N/c1-3-5-7-9-12-11(13)14-10-8-6-4-2;/h3-10H2,1-2H3,(H,12,13);1H3. The first-order valence-corrected chi connectivity index (χ1v) is 7.11. The van der Waals surface area contributed by atoms with E-state index < -0.39 is 0 Å². The molecule has 92 valence electrons. The summed E-state index contributed by atoms with van der Waals surface area (Å²) in [6.07, 6.45) is 7.72. The Morgan fingerprint density at radius 2 is 1.67 bits per heavy atom. The van der Waals surface area contributed by atoms with Crippen molar-refractivity contribution in [3.05, 3.63) is 0 Å².